The average molecular weight is 394 g/mol. The van der Waals surface area contributed by atoms with E-state index in [9.17, 15) is 9.59 Å². The number of rotatable bonds is 4. The van der Waals surface area contributed by atoms with Crippen molar-refractivity contribution in [1.29, 1.82) is 0 Å². The Balaban J connectivity index is 1.36. The fraction of sp³-hybridized carbons (Fsp3) is 0.391. The molecule has 0 spiro atoms. The maximum Gasteiger partial charge on any atom is 0.243 e. The van der Waals surface area contributed by atoms with Crippen molar-refractivity contribution >= 4 is 17.5 Å². The molecule has 0 bridgehead atoms. The van der Waals surface area contributed by atoms with Crippen LogP contribution in [0.2, 0.25) is 0 Å². The van der Waals surface area contributed by atoms with Crippen LogP contribution in [0, 0.1) is 6.92 Å². The Labute approximate surface area is 171 Å². The van der Waals surface area contributed by atoms with Gasteiger partial charge in [-0.3, -0.25) is 14.5 Å². The monoisotopic (exact) mass is 394 g/mol. The fourth-order valence-electron chi connectivity index (χ4n) is 4.06. The quantitative estimate of drug-likeness (QED) is 0.843. The molecule has 2 heterocycles. The Kier molecular flexibility index (Phi) is 5.81. The van der Waals surface area contributed by atoms with E-state index >= 15 is 0 Å². The summed E-state index contributed by atoms with van der Waals surface area (Å²) in [4.78, 5) is 30.5. The van der Waals surface area contributed by atoms with E-state index in [1.54, 1.807) is 4.90 Å². The van der Waals surface area contributed by atoms with Crippen molar-refractivity contribution in [3.8, 4) is 5.75 Å². The van der Waals surface area contributed by atoms with Gasteiger partial charge in [0, 0.05) is 5.56 Å². The summed E-state index contributed by atoms with van der Waals surface area (Å²) in [5.74, 6) is 0.607. The van der Waals surface area contributed by atoms with Gasteiger partial charge in [-0.15, -0.1) is 0 Å². The number of hydrogen-bond donors (Lipinski definition) is 1. The maximum absolute atomic E-state index is 12.9. The molecule has 0 aliphatic carbocycles. The van der Waals surface area contributed by atoms with Crippen molar-refractivity contribution in [2.75, 3.05) is 44.2 Å². The van der Waals surface area contributed by atoms with Gasteiger partial charge >= 0.3 is 0 Å². The number of benzene rings is 2. The number of para-hydroxylation sites is 2. The first kappa shape index (κ1) is 19.5. The largest absolute Gasteiger partial charge is 0.491 e. The molecular formula is C23H28N3O3+. The molecule has 2 aromatic rings. The zero-order valence-corrected chi connectivity index (χ0v) is 16.9. The van der Waals surface area contributed by atoms with E-state index in [1.807, 2.05) is 29.2 Å². The summed E-state index contributed by atoms with van der Waals surface area (Å²) >= 11 is 0. The van der Waals surface area contributed by atoms with Crippen LogP contribution in [-0.4, -0.2) is 56.0 Å². The molecule has 29 heavy (non-hydrogen) atoms. The van der Waals surface area contributed by atoms with E-state index in [4.69, 9.17) is 4.74 Å². The average Bonchev–Trinajstić information content (AvgIpc) is 2.89. The van der Waals surface area contributed by atoms with E-state index in [0.29, 0.717) is 18.0 Å². The molecule has 2 aromatic carbocycles. The summed E-state index contributed by atoms with van der Waals surface area (Å²) < 4.78 is 5.67. The second kappa shape index (κ2) is 8.66. The highest BCUT2D eigenvalue weighted by atomic mass is 16.5. The Bertz CT molecular complexity index is 890. The van der Waals surface area contributed by atoms with Gasteiger partial charge in [0.2, 0.25) is 11.8 Å². The van der Waals surface area contributed by atoms with Gasteiger partial charge in [-0.1, -0.05) is 36.4 Å². The summed E-state index contributed by atoms with van der Waals surface area (Å²) in [6, 6.07) is 15.9. The number of anilines is 1. The summed E-state index contributed by atoms with van der Waals surface area (Å²) in [6.45, 7) is 6.86. The molecule has 152 valence electrons. The van der Waals surface area contributed by atoms with Crippen LogP contribution in [0.15, 0.2) is 48.5 Å². The van der Waals surface area contributed by atoms with Crippen LogP contribution in [0.5, 0.6) is 5.75 Å². The summed E-state index contributed by atoms with van der Waals surface area (Å²) in [5, 5.41) is 0. The van der Waals surface area contributed by atoms with Crippen molar-refractivity contribution in [2.24, 2.45) is 0 Å². The SMILES string of the molecule is Cc1ccccc1C[NH+]1CCN(C(=O)CN2C(=O)CCOc3ccccc32)CC1. The molecule has 1 N–H and O–H groups in total. The lowest BCUT2D eigenvalue weighted by atomic mass is 10.1. The minimum atomic E-state index is -0.0629. The molecule has 2 aliphatic heterocycles. The molecule has 0 saturated carbocycles. The van der Waals surface area contributed by atoms with Gasteiger partial charge in [0.1, 0.15) is 18.8 Å². The number of nitrogens with one attached hydrogen (secondary N) is 1. The van der Waals surface area contributed by atoms with Crippen LogP contribution < -0.4 is 14.5 Å². The molecule has 4 rings (SSSR count). The van der Waals surface area contributed by atoms with Gasteiger partial charge in [0.25, 0.3) is 0 Å². The second-order valence-corrected chi connectivity index (χ2v) is 7.78. The third-order valence-electron chi connectivity index (χ3n) is 5.85. The van der Waals surface area contributed by atoms with Crippen LogP contribution >= 0.6 is 0 Å². The van der Waals surface area contributed by atoms with Crippen LogP contribution in [-0.2, 0) is 16.1 Å². The Morgan fingerprint density at radius 1 is 1.07 bits per heavy atom. The Morgan fingerprint density at radius 3 is 2.59 bits per heavy atom. The van der Waals surface area contributed by atoms with Crippen LogP contribution in [0.25, 0.3) is 0 Å². The molecular weight excluding hydrogens is 366 g/mol. The molecule has 6 heteroatoms. The first-order chi connectivity index (χ1) is 14.1. The Morgan fingerprint density at radius 2 is 1.79 bits per heavy atom. The number of aryl methyl sites for hydroxylation is 1. The molecule has 0 atom stereocenters. The standard InChI is InChI=1S/C23H27N3O3/c1-18-6-2-3-7-19(18)16-24-11-13-25(14-12-24)23(28)17-26-20-8-4-5-9-21(20)29-15-10-22(26)27/h2-9H,10-17H2,1H3/p+1. The molecule has 0 unspecified atom stereocenters. The molecule has 2 amide bonds. The predicted molar refractivity (Wildman–Crippen MR) is 111 cm³/mol. The topological polar surface area (TPSA) is 54.3 Å². The van der Waals surface area contributed by atoms with Crippen molar-refractivity contribution in [2.45, 2.75) is 19.9 Å². The van der Waals surface area contributed by atoms with E-state index in [-0.39, 0.29) is 24.8 Å². The molecule has 6 nitrogen and oxygen atoms in total. The van der Waals surface area contributed by atoms with Crippen LogP contribution in [0.3, 0.4) is 0 Å². The van der Waals surface area contributed by atoms with Gasteiger partial charge < -0.3 is 14.5 Å². The number of hydrogen-bond acceptors (Lipinski definition) is 3. The normalized spacial score (nSPS) is 17.5. The number of ether oxygens (including phenoxy) is 1. The van der Waals surface area contributed by atoms with Crippen molar-refractivity contribution in [3.63, 3.8) is 0 Å². The summed E-state index contributed by atoms with van der Waals surface area (Å²) in [6.07, 6.45) is 0.288. The van der Waals surface area contributed by atoms with Gasteiger partial charge in [-0.05, 0) is 24.6 Å². The number of carbonyl (C=O) groups excluding carboxylic acids is 2. The highest BCUT2D eigenvalue weighted by molar-refractivity contribution is 6.00. The highest BCUT2D eigenvalue weighted by Crippen LogP contribution is 2.30. The van der Waals surface area contributed by atoms with Gasteiger partial charge in [-0.2, -0.15) is 0 Å². The zero-order chi connectivity index (χ0) is 20.2. The molecule has 0 aromatic heterocycles. The predicted octanol–water partition coefficient (Wildman–Crippen LogP) is 1.04. The van der Waals surface area contributed by atoms with Crippen molar-refractivity contribution < 1.29 is 19.2 Å². The third-order valence-corrected chi connectivity index (χ3v) is 5.85. The van der Waals surface area contributed by atoms with Crippen LogP contribution in [0.1, 0.15) is 17.5 Å². The van der Waals surface area contributed by atoms with E-state index < -0.39 is 0 Å². The fourth-order valence-corrected chi connectivity index (χ4v) is 4.06. The minimum Gasteiger partial charge on any atom is -0.491 e. The van der Waals surface area contributed by atoms with Crippen LogP contribution in [0.4, 0.5) is 5.69 Å². The molecule has 1 saturated heterocycles. The molecule has 2 aliphatic rings. The Hall–Kier alpha value is -2.86. The van der Waals surface area contributed by atoms with Gasteiger partial charge in [0.15, 0.2) is 0 Å². The number of amides is 2. The highest BCUT2D eigenvalue weighted by Gasteiger charge is 2.29. The second-order valence-electron chi connectivity index (χ2n) is 7.78. The van der Waals surface area contributed by atoms with Crippen molar-refractivity contribution in [3.05, 3.63) is 59.7 Å². The van der Waals surface area contributed by atoms with E-state index in [0.717, 1.165) is 32.7 Å². The number of fused-ring (bicyclic) bond motifs is 1. The molecule has 0 radical (unpaired) electrons. The van der Waals surface area contributed by atoms with Gasteiger partial charge in [0.05, 0.1) is 44.9 Å². The minimum absolute atomic E-state index is 0.00462. The third kappa shape index (κ3) is 4.43. The maximum atomic E-state index is 12.9. The number of carbonyl (C=O) groups is 2. The lowest BCUT2D eigenvalue weighted by Gasteiger charge is -2.33. The van der Waals surface area contributed by atoms with Gasteiger partial charge in [-0.25, -0.2) is 0 Å². The molecule has 1 fully saturated rings. The van der Waals surface area contributed by atoms with Crippen molar-refractivity contribution in [1.82, 2.24) is 4.90 Å². The lowest BCUT2D eigenvalue weighted by Crippen LogP contribution is -3.13. The summed E-state index contributed by atoms with van der Waals surface area (Å²) in [7, 11) is 0. The zero-order valence-electron chi connectivity index (χ0n) is 16.9. The smallest absolute Gasteiger partial charge is 0.243 e. The number of piperazine rings is 1. The first-order valence-electron chi connectivity index (χ1n) is 10.3. The summed E-state index contributed by atoms with van der Waals surface area (Å²) in [5.41, 5.74) is 3.38. The lowest BCUT2D eigenvalue weighted by molar-refractivity contribution is -0.917. The number of quaternary nitrogens is 1. The van der Waals surface area contributed by atoms with E-state index in [1.165, 1.54) is 16.0 Å². The number of nitrogens with zero attached hydrogens (tertiary/aromatic N) is 2. The van der Waals surface area contributed by atoms with E-state index in [2.05, 4.69) is 31.2 Å². The first-order valence-corrected chi connectivity index (χ1v) is 10.3.